The summed E-state index contributed by atoms with van der Waals surface area (Å²) in [6.45, 7) is 2.25. The lowest BCUT2D eigenvalue weighted by Crippen LogP contribution is -1.92. The molecule has 0 bridgehead atoms. The number of nitrogens with one attached hydrogen (secondary N) is 1. The summed E-state index contributed by atoms with van der Waals surface area (Å²) >= 11 is 3.51. The molecule has 0 spiro atoms. The maximum Gasteiger partial charge on any atom is 0.153 e. The van der Waals surface area contributed by atoms with Gasteiger partial charge < -0.3 is 5.73 Å². The van der Waals surface area contributed by atoms with Gasteiger partial charge in [0.1, 0.15) is 0 Å². The van der Waals surface area contributed by atoms with Crippen LogP contribution >= 0.6 is 15.9 Å². The number of rotatable bonds is 8. The summed E-state index contributed by atoms with van der Waals surface area (Å²) in [6, 6.07) is 8.22. The zero-order chi connectivity index (χ0) is 15.1. The van der Waals surface area contributed by atoms with Crippen LogP contribution in [0.4, 0.5) is 5.82 Å². The Hall–Kier alpha value is -1.29. The number of nitrogens with zero attached hydrogens (tertiary/aromatic N) is 1. The molecule has 0 saturated carbocycles. The average Bonchev–Trinajstić information content (AvgIpc) is 2.84. The smallest absolute Gasteiger partial charge is 0.153 e. The molecule has 0 radical (unpaired) electrons. The zero-order valence-corrected chi connectivity index (χ0v) is 14.2. The van der Waals surface area contributed by atoms with Gasteiger partial charge in [-0.15, -0.1) is 0 Å². The number of H-pyrrole nitrogens is 1. The molecule has 4 heteroatoms. The molecule has 1 aromatic heterocycles. The fourth-order valence-corrected chi connectivity index (χ4v) is 3.02. The Morgan fingerprint density at radius 3 is 2.67 bits per heavy atom. The number of aryl methyl sites for hydroxylation is 1. The summed E-state index contributed by atoms with van der Waals surface area (Å²) in [5, 5.41) is 7.29. The summed E-state index contributed by atoms with van der Waals surface area (Å²) in [6.07, 6.45) is 8.79. The molecule has 3 nitrogen and oxygen atoms in total. The third-order valence-corrected chi connectivity index (χ3v) is 4.26. The molecule has 114 valence electrons. The first kappa shape index (κ1) is 16.1. The van der Waals surface area contributed by atoms with Crippen molar-refractivity contribution in [3.63, 3.8) is 0 Å². The largest absolute Gasteiger partial charge is 0.382 e. The topological polar surface area (TPSA) is 54.7 Å². The number of nitrogens with two attached hydrogens (primary N) is 1. The van der Waals surface area contributed by atoms with E-state index in [-0.39, 0.29) is 0 Å². The second-order valence-electron chi connectivity index (χ2n) is 5.49. The van der Waals surface area contributed by atoms with Crippen molar-refractivity contribution in [3.05, 3.63) is 34.4 Å². The van der Waals surface area contributed by atoms with E-state index in [1.807, 2.05) is 12.1 Å². The minimum absolute atomic E-state index is 0.592. The highest BCUT2D eigenvalue weighted by atomic mass is 79.9. The fourth-order valence-electron chi connectivity index (χ4n) is 2.62. The number of hydrogen-bond donors (Lipinski definition) is 2. The van der Waals surface area contributed by atoms with Gasteiger partial charge in [0.15, 0.2) is 5.82 Å². The van der Waals surface area contributed by atoms with Crippen LogP contribution in [0.2, 0.25) is 0 Å². The predicted molar refractivity (Wildman–Crippen MR) is 93.2 cm³/mol. The molecule has 0 aliphatic heterocycles. The minimum Gasteiger partial charge on any atom is -0.382 e. The summed E-state index contributed by atoms with van der Waals surface area (Å²) in [5.41, 5.74) is 9.37. The van der Waals surface area contributed by atoms with E-state index >= 15 is 0 Å². The Morgan fingerprint density at radius 1 is 1.14 bits per heavy atom. The van der Waals surface area contributed by atoms with Gasteiger partial charge in [-0.2, -0.15) is 5.10 Å². The molecule has 0 saturated heterocycles. The van der Waals surface area contributed by atoms with E-state index in [1.165, 1.54) is 38.5 Å². The van der Waals surface area contributed by atoms with Gasteiger partial charge in [0.2, 0.25) is 0 Å². The first-order valence-corrected chi connectivity index (χ1v) is 8.60. The molecule has 2 aromatic rings. The van der Waals surface area contributed by atoms with Crippen LogP contribution in [-0.4, -0.2) is 10.2 Å². The summed E-state index contributed by atoms with van der Waals surface area (Å²) < 4.78 is 1.06. The molecule has 0 aliphatic rings. The molecule has 0 aliphatic carbocycles. The lowest BCUT2D eigenvalue weighted by atomic mass is 10.0. The highest BCUT2D eigenvalue weighted by Gasteiger charge is 2.12. The molecule has 1 heterocycles. The average molecular weight is 350 g/mol. The van der Waals surface area contributed by atoms with Crippen LogP contribution in [0.1, 0.15) is 51.1 Å². The third-order valence-electron chi connectivity index (χ3n) is 3.76. The maximum absolute atomic E-state index is 6.04. The molecular formula is C17H24BrN3. The number of aromatic amines is 1. The Labute approximate surface area is 135 Å². The van der Waals surface area contributed by atoms with E-state index in [0.717, 1.165) is 27.7 Å². The van der Waals surface area contributed by atoms with E-state index in [9.17, 15) is 0 Å². The summed E-state index contributed by atoms with van der Waals surface area (Å²) in [7, 11) is 0. The first-order valence-electron chi connectivity index (χ1n) is 7.81. The molecule has 0 fully saturated rings. The number of benzene rings is 1. The van der Waals surface area contributed by atoms with Crippen molar-refractivity contribution in [3.8, 4) is 11.1 Å². The number of hydrogen-bond acceptors (Lipinski definition) is 2. The van der Waals surface area contributed by atoms with E-state index in [1.54, 1.807) is 0 Å². The maximum atomic E-state index is 6.04. The van der Waals surface area contributed by atoms with Crippen molar-refractivity contribution in [1.82, 2.24) is 10.2 Å². The van der Waals surface area contributed by atoms with Gasteiger partial charge in [-0.25, -0.2) is 0 Å². The second kappa shape index (κ2) is 8.23. The Bertz CT molecular complexity index is 563. The van der Waals surface area contributed by atoms with Crippen LogP contribution in [0, 0.1) is 0 Å². The predicted octanol–water partition coefficient (Wildman–Crippen LogP) is 5.32. The van der Waals surface area contributed by atoms with Gasteiger partial charge in [-0.1, -0.05) is 67.1 Å². The van der Waals surface area contributed by atoms with Crippen molar-refractivity contribution in [2.24, 2.45) is 0 Å². The van der Waals surface area contributed by atoms with Crippen LogP contribution in [0.5, 0.6) is 0 Å². The van der Waals surface area contributed by atoms with Crippen molar-refractivity contribution in [1.29, 1.82) is 0 Å². The van der Waals surface area contributed by atoms with Crippen molar-refractivity contribution < 1.29 is 0 Å². The number of unbranched alkanes of at least 4 members (excludes halogenated alkanes) is 5. The van der Waals surface area contributed by atoms with Gasteiger partial charge >= 0.3 is 0 Å². The van der Waals surface area contributed by atoms with Gasteiger partial charge in [-0.3, -0.25) is 5.10 Å². The number of halogens is 1. The SMILES string of the molecule is CCCCCCCCc1[nH]nc(N)c1-c1cccc(Br)c1. The van der Waals surface area contributed by atoms with Gasteiger partial charge in [0.05, 0.1) is 0 Å². The monoisotopic (exact) mass is 349 g/mol. The first-order chi connectivity index (χ1) is 10.2. The van der Waals surface area contributed by atoms with Crippen LogP contribution in [0.15, 0.2) is 28.7 Å². The second-order valence-corrected chi connectivity index (χ2v) is 6.41. The lowest BCUT2D eigenvalue weighted by molar-refractivity contribution is 0.604. The number of aromatic nitrogens is 2. The fraction of sp³-hybridized carbons (Fsp3) is 0.471. The van der Waals surface area contributed by atoms with Crippen molar-refractivity contribution >= 4 is 21.7 Å². The number of nitrogen functional groups attached to an aromatic ring is 1. The van der Waals surface area contributed by atoms with E-state index in [0.29, 0.717) is 5.82 Å². The van der Waals surface area contributed by atoms with Crippen LogP contribution in [0.3, 0.4) is 0 Å². The quantitative estimate of drug-likeness (QED) is 0.633. The molecule has 1 aromatic carbocycles. The van der Waals surface area contributed by atoms with Crippen molar-refractivity contribution in [2.75, 3.05) is 5.73 Å². The molecule has 0 unspecified atom stereocenters. The van der Waals surface area contributed by atoms with Crippen molar-refractivity contribution in [2.45, 2.75) is 51.9 Å². The number of anilines is 1. The molecule has 3 N–H and O–H groups in total. The normalized spacial score (nSPS) is 11.0. The molecule has 21 heavy (non-hydrogen) atoms. The highest BCUT2D eigenvalue weighted by molar-refractivity contribution is 9.10. The molecule has 2 rings (SSSR count). The van der Waals surface area contributed by atoms with Gasteiger partial charge in [0.25, 0.3) is 0 Å². The summed E-state index contributed by atoms with van der Waals surface area (Å²) in [5.74, 6) is 0.592. The van der Waals surface area contributed by atoms with E-state index < -0.39 is 0 Å². The Balaban J connectivity index is 1.98. The van der Waals surface area contributed by atoms with E-state index in [2.05, 4.69) is 45.2 Å². The van der Waals surface area contributed by atoms with E-state index in [4.69, 9.17) is 5.73 Å². The van der Waals surface area contributed by atoms with Crippen LogP contribution in [-0.2, 0) is 6.42 Å². The lowest BCUT2D eigenvalue weighted by Gasteiger charge is -2.05. The van der Waals surface area contributed by atoms with Crippen LogP contribution < -0.4 is 5.73 Å². The van der Waals surface area contributed by atoms with Gasteiger partial charge in [0, 0.05) is 15.7 Å². The Morgan fingerprint density at radius 2 is 1.90 bits per heavy atom. The molecule has 0 amide bonds. The minimum atomic E-state index is 0.592. The zero-order valence-electron chi connectivity index (χ0n) is 12.7. The van der Waals surface area contributed by atoms with Crippen LogP contribution in [0.25, 0.3) is 11.1 Å². The molecule has 0 atom stereocenters. The standard InChI is InChI=1S/C17H24BrN3/c1-2-3-4-5-6-7-11-15-16(17(19)21-20-15)13-9-8-10-14(18)12-13/h8-10,12H,2-7,11H2,1H3,(H3,19,20,21). The van der Waals surface area contributed by atoms with Gasteiger partial charge in [-0.05, 0) is 30.5 Å². The highest BCUT2D eigenvalue weighted by Crippen LogP contribution is 2.30. The molecular weight excluding hydrogens is 326 g/mol. The third kappa shape index (κ3) is 4.60. The summed E-state index contributed by atoms with van der Waals surface area (Å²) in [4.78, 5) is 0. The Kier molecular flexibility index (Phi) is 6.30.